The fraction of sp³-hybridized carbons (Fsp3) is 0.0588. The molecule has 7 nitrogen and oxygen atoms in total. The molecule has 0 aliphatic rings. The van der Waals surface area contributed by atoms with Crippen molar-refractivity contribution in [3.8, 4) is 29.1 Å². The summed E-state index contributed by atoms with van der Waals surface area (Å²) < 4.78 is 17.3. The minimum Gasteiger partial charge on any atom is -0.497 e. The second-order valence-corrected chi connectivity index (χ2v) is 7.53. The van der Waals surface area contributed by atoms with Crippen LogP contribution in [0.15, 0.2) is 56.4 Å². The highest BCUT2D eigenvalue weighted by atomic mass is 35.5. The quantitative estimate of drug-likeness (QED) is 0.467. The number of aromatic nitrogens is 4. The summed E-state index contributed by atoms with van der Waals surface area (Å²) in [6, 6.07) is 13.1. The van der Waals surface area contributed by atoms with E-state index >= 15 is 0 Å². The Balaban J connectivity index is 1.83. The van der Waals surface area contributed by atoms with Gasteiger partial charge in [0.1, 0.15) is 21.6 Å². The molecule has 10 heteroatoms. The van der Waals surface area contributed by atoms with Gasteiger partial charge in [-0.3, -0.25) is 4.57 Å². The summed E-state index contributed by atoms with van der Waals surface area (Å²) in [5.74, 6) is 1.86. The number of halogens is 1. The highest BCUT2D eigenvalue weighted by molar-refractivity contribution is 8.01. The molecule has 3 heterocycles. The molecule has 0 aliphatic carbocycles. The molecule has 0 spiro atoms. The monoisotopic (exact) mass is 415 g/mol. The first-order valence-corrected chi connectivity index (χ1v) is 9.55. The highest BCUT2D eigenvalue weighted by Gasteiger charge is 2.21. The molecule has 0 amide bonds. The molecular weight excluding hydrogens is 406 g/mol. The smallest absolute Gasteiger partial charge is 0.205 e. The van der Waals surface area contributed by atoms with Crippen LogP contribution < -0.4 is 4.74 Å². The number of hydrogen-bond acceptors (Lipinski definition) is 8. The lowest BCUT2D eigenvalue weighted by atomic mass is 10.3. The molecule has 4 aromatic rings. The van der Waals surface area contributed by atoms with E-state index in [4.69, 9.17) is 20.8 Å². The molecular formula is C17H10ClN5O2S2. The molecule has 0 aliphatic heterocycles. The van der Waals surface area contributed by atoms with Crippen molar-refractivity contribution in [3.05, 3.63) is 53.4 Å². The highest BCUT2D eigenvalue weighted by Crippen LogP contribution is 2.38. The van der Waals surface area contributed by atoms with E-state index < -0.39 is 0 Å². The molecule has 0 atom stereocenters. The fourth-order valence-electron chi connectivity index (χ4n) is 2.37. The van der Waals surface area contributed by atoms with Gasteiger partial charge in [0, 0.05) is 0 Å². The Kier molecular flexibility index (Phi) is 4.85. The number of nitrogens with zero attached hydrogens (tertiary/aromatic N) is 5. The minimum atomic E-state index is 0.187. The number of ether oxygens (including phenoxy) is 1. The zero-order valence-electron chi connectivity index (χ0n) is 13.8. The van der Waals surface area contributed by atoms with Crippen molar-refractivity contribution in [1.29, 1.82) is 5.26 Å². The van der Waals surface area contributed by atoms with Gasteiger partial charge in [-0.1, -0.05) is 11.6 Å². The maximum atomic E-state index is 9.31. The predicted molar refractivity (Wildman–Crippen MR) is 102 cm³/mol. The number of methoxy groups -OCH3 is 1. The van der Waals surface area contributed by atoms with Crippen LogP contribution in [-0.4, -0.2) is 26.2 Å². The molecule has 0 saturated heterocycles. The lowest BCUT2D eigenvalue weighted by Gasteiger charge is -2.09. The van der Waals surface area contributed by atoms with Gasteiger partial charge in [-0.15, -0.1) is 10.2 Å². The summed E-state index contributed by atoms with van der Waals surface area (Å²) in [4.78, 5) is 0. The van der Waals surface area contributed by atoms with Gasteiger partial charge < -0.3 is 9.15 Å². The molecule has 134 valence electrons. The normalized spacial score (nSPS) is 10.7. The molecule has 0 bridgehead atoms. The number of furan rings is 1. The van der Waals surface area contributed by atoms with Crippen molar-refractivity contribution in [3.63, 3.8) is 0 Å². The van der Waals surface area contributed by atoms with Gasteiger partial charge >= 0.3 is 0 Å². The average molecular weight is 416 g/mol. The van der Waals surface area contributed by atoms with Crippen LogP contribution in [0.1, 0.15) is 5.56 Å². The third-order valence-electron chi connectivity index (χ3n) is 3.62. The Morgan fingerprint density at radius 2 is 2.07 bits per heavy atom. The minimum absolute atomic E-state index is 0.187. The topological polar surface area (TPSA) is 89.8 Å². The first kappa shape index (κ1) is 17.6. The Hall–Kier alpha value is -2.80. The van der Waals surface area contributed by atoms with E-state index in [1.165, 1.54) is 11.8 Å². The van der Waals surface area contributed by atoms with Crippen LogP contribution in [0, 0.1) is 11.3 Å². The molecule has 3 aromatic heterocycles. The molecule has 1 aromatic carbocycles. The van der Waals surface area contributed by atoms with Gasteiger partial charge in [0.05, 0.1) is 19.1 Å². The van der Waals surface area contributed by atoms with Crippen LogP contribution in [0.4, 0.5) is 0 Å². The molecule has 0 N–H and O–H groups in total. The first-order chi connectivity index (χ1) is 13.2. The lowest BCUT2D eigenvalue weighted by molar-refractivity contribution is 0.414. The van der Waals surface area contributed by atoms with Crippen molar-refractivity contribution in [1.82, 2.24) is 19.1 Å². The van der Waals surface area contributed by atoms with E-state index in [1.54, 1.807) is 19.4 Å². The van der Waals surface area contributed by atoms with Crippen LogP contribution in [-0.2, 0) is 0 Å². The van der Waals surface area contributed by atoms with Gasteiger partial charge in [-0.2, -0.15) is 9.64 Å². The van der Waals surface area contributed by atoms with Crippen molar-refractivity contribution in [2.24, 2.45) is 0 Å². The Bertz CT molecular complexity index is 1110. The zero-order valence-corrected chi connectivity index (χ0v) is 16.2. The van der Waals surface area contributed by atoms with Gasteiger partial charge in [-0.05, 0) is 59.7 Å². The van der Waals surface area contributed by atoms with Gasteiger partial charge in [0.2, 0.25) is 11.0 Å². The number of rotatable bonds is 5. The van der Waals surface area contributed by atoms with Gasteiger partial charge in [0.25, 0.3) is 0 Å². The van der Waals surface area contributed by atoms with Crippen LogP contribution in [0.3, 0.4) is 0 Å². The summed E-state index contributed by atoms with van der Waals surface area (Å²) >= 11 is 8.40. The van der Waals surface area contributed by atoms with Crippen LogP contribution in [0.25, 0.3) is 17.3 Å². The van der Waals surface area contributed by atoms with Gasteiger partial charge in [-0.25, -0.2) is 0 Å². The first-order valence-electron chi connectivity index (χ1n) is 7.58. The molecule has 0 radical (unpaired) electrons. The number of hydrogen-bond donors (Lipinski definition) is 0. The molecule has 27 heavy (non-hydrogen) atoms. The maximum absolute atomic E-state index is 9.31. The average Bonchev–Trinajstić information content (AvgIpc) is 3.42. The summed E-state index contributed by atoms with van der Waals surface area (Å²) in [7, 11) is 1.61. The van der Waals surface area contributed by atoms with Crippen molar-refractivity contribution in [2.75, 3.05) is 7.11 Å². The third-order valence-corrected chi connectivity index (χ3v) is 5.95. The number of nitriles is 1. The van der Waals surface area contributed by atoms with Crippen LogP contribution in [0.2, 0.25) is 5.15 Å². The zero-order chi connectivity index (χ0) is 18.8. The Morgan fingerprint density at radius 1 is 1.26 bits per heavy atom. The molecule has 0 fully saturated rings. The molecule has 0 unspecified atom stereocenters. The van der Waals surface area contributed by atoms with Gasteiger partial charge in [0.15, 0.2) is 10.9 Å². The van der Waals surface area contributed by atoms with Crippen LogP contribution >= 0.6 is 34.9 Å². The summed E-state index contributed by atoms with van der Waals surface area (Å²) in [6.45, 7) is 0. The third kappa shape index (κ3) is 3.30. The van der Waals surface area contributed by atoms with E-state index in [9.17, 15) is 5.26 Å². The van der Waals surface area contributed by atoms with Crippen molar-refractivity contribution in [2.45, 2.75) is 9.37 Å². The van der Waals surface area contributed by atoms with E-state index in [0.29, 0.717) is 26.5 Å². The summed E-state index contributed by atoms with van der Waals surface area (Å²) in [5.41, 5.74) is 1.15. The van der Waals surface area contributed by atoms with Crippen molar-refractivity contribution < 1.29 is 9.15 Å². The van der Waals surface area contributed by atoms with Crippen LogP contribution in [0.5, 0.6) is 5.75 Å². The standard InChI is InChI=1S/C17H10ClN5O2S2/c1-24-11-6-4-10(5-7-11)23-15(13-3-2-8-25-13)20-21-17(23)26-16-12(9-19)14(18)22-27-16/h2-8H,1H3. The van der Waals surface area contributed by atoms with Crippen molar-refractivity contribution >= 4 is 34.9 Å². The summed E-state index contributed by atoms with van der Waals surface area (Å²) in [5, 5.41) is 18.6. The Labute approximate surface area is 167 Å². The predicted octanol–water partition coefficient (Wildman–Crippen LogP) is 4.67. The van der Waals surface area contributed by atoms with E-state index in [2.05, 4.69) is 20.6 Å². The van der Waals surface area contributed by atoms with E-state index in [1.807, 2.05) is 34.9 Å². The molecule has 0 saturated carbocycles. The molecule has 4 rings (SSSR count). The SMILES string of the molecule is COc1ccc(-n2c(Sc3snc(Cl)c3C#N)nnc2-c2ccco2)cc1. The van der Waals surface area contributed by atoms with E-state index in [-0.39, 0.29) is 5.15 Å². The second-order valence-electron chi connectivity index (χ2n) is 5.17. The lowest BCUT2D eigenvalue weighted by Crippen LogP contribution is -1.99. The number of benzene rings is 1. The fourth-order valence-corrected chi connectivity index (χ4v) is 4.47. The second kappa shape index (κ2) is 7.44. The maximum Gasteiger partial charge on any atom is 0.205 e. The van der Waals surface area contributed by atoms with E-state index in [0.717, 1.165) is 23.0 Å². The largest absolute Gasteiger partial charge is 0.497 e. The Morgan fingerprint density at radius 3 is 2.74 bits per heavy atom. The summed E-state index contributed by atoms with van der Waals surface area (Å²) in [6.07, 6.45) is 1.58.